The van der Waals surface area contributed by atoms with E-state index in [1.54, 1.807) is 0 Å². The normalized spacial score (nSPS) is 11.3. The molecule has 0 unspecified atom stereocenters. The Bertz CT molecular complexity index is 496. The molecule has 0 atom stereocenters. The predicted octanol–water partition coefficient (Wildman–Crippen LogP) is 2.99. The van der Waals surface area contributed by atoms with E-state index < -0.39 is 42.1 Å². The van der Waals surface area contributed by atoms with Crippen molar-refractivity contribution in [3.63, 3.8) is 0 Å². The van der Waals surface area contributed by atoms with Crippen molar-refractivity contribution in [3.8, 4) is 17.7 Å². The summed E-state index contributed by atoms with van der Waals surface area (Å²) in [6.07, 6.45) is -8.92. The molecule has 0 spiro atoms. The molecular formula is C10H7F5N2O2. The summed E-state index contributed by atoms with van der Waals surface area (Å²) in [5, 5.41) is 8.48. The maximum absolute atomic E-state index is 12.7. The Kier molecular flexibility index (Phi) is 4.47. The highest BCUT2D eigenvalue weighted by atomic mass is 19.4. The molecule has 9 heteroatoms. The first-order valence-corrected chi connectivity index (χ1v) is 4.77. The van der Waals surface area contributed by atoms with Crippen molar-refractivity contribution in [2.45, 2.75) is 19.2 Å². The summed E-state index contributed by atoms with van der Waals surface area (Å²) in [5.74, 6) is -1.38. The van der Waals surface area contributed by atoms with Crippen molar-refractivity contribution in [2.75, 3.05) is 7.11 Å². The largest absolute Gasteiger partial charge is 0.573 e. The minimum absolute atomic E-state index is 0.462. The van der Waals surface area contributed by atoms with Crippen molar-refractivity contribution < 1.29 is 31.4 Å². The number of rotatable bonds is 4. The van der Waals surface area contributed by atoms with Gasteiger partial charge in [-0.15, -0.1) is 13.2 Å². The Morgan fingerprint density at radius 2 is 2.05 bits per heavy atom. The van der Waals surface area contributed by atoms with Crippen LogP contribution in [0.1, 0.15) is 17.7 Å². The van der Waals surface area contributed by atoms with Gasteiger partial charge in [-0.1, -0.05) is 0 Å². The van der Waals surface area contributed by atoms with Gasteiger partial charge in [0.1, 0.15) is 11.4 Å². The van der Waals surface area contributed by atoms with Crippen LogP contribution in [0.3, 0.4) is 0 Å². The molecular weight excluding hydrogens is 275 g/mol. The minimum Gasteiger partial charge on any atom is -0.481 e. The van der Waals surface area contributed by atoms with E-state index in [1.807, 2.05) is 0 Å². The van der Waals surface area contributed by atoms with Crippen LogP contribution >= 0.6 is 0 Å². The van der Waals surface area contributed by atoms with Crippen molar-refractivity contribution in [1.82, 2.24) is 4.98 Å². The van der Waals surface area contributed by atoms with E-state index in [0.717, 1.165) is 7.11 Å². The number of ether oxygens (including phenoxy) is 2. The molecule has 0 saturated carbocycles. The zero-order valence-corrected chi connectivity index (χ0v) is 9.46. The van der Waals surface area contributed by atoms with Gasteiger partial charge in [0.15, 0.2) is 0 Å². The van der Waals surface area contributed by atoms with Crippen LogP contribution in [0.25, 0.3) is 0 Å². The standard InChI is InChI=1S/C10H7F5N2O2/c1-18-7-4-6(19-10(13,14)15)5(2-3-16)8(17-7)9(11)12/h4,9H,2H2,1H3. The first-order valence-electron chi connectivity index (χ1n) is 4.77. The molecule has 0 fully saturated rings. The monoisotopic (exact) mass is 282 g/mol. The van der Waals surface area contributed by atoms with Gasteiger partial charge >= 0.3 is 6.36 Å². The molecule has 0 aromatic carbocycles. The van der Waals surface area contributed by atoms with Crippen LogP contribution in [0.15, 0.2) is 6.07 Å². The topological polar surface area (TPSA) is 55.1 Å². The highest BCUT2D eigenvalue weighted by Gasteiger charge is 2.34. The van der Waals surface area contributed by atoms with Crippen molar-refractivity contribution in [3.05, 3.63) is 17.3 Å². The van der Waals surface area contributed by atoms with Crippen LogP contribution in [-0.4, -0.2) is 18.5 Å². The second-order valence-corrected chi connectivity index (χ2v) is 3.21. The molecule has 4 nitrogen and oxygen atoms in total. The lowest BCUT2D eigenvalue weighted by Gasteiger charge is -2.15. The van der Waals surface area contributed by atoms with E-state index in [2.05, 4.69) is 14.5 Å². The van der Waals surface area contributed by atoms with Gasteiger partial charge in [-0.3, -0.25) is 0 Å². The Balaban J connectivity index is 3.39. The Hall–Kier alpha value is -2.11. The van der Waals surface area contributed by atoms with Gasteiger partial charge in [-0.25, -0.2) is 13.8 Å². The molecule has 104 valence electrons. The maximum atomic E-state index is 12.7. The first-order chi connectivity index (χ1) is 8.78. The number of halogens is 5. The van der Waals surface area contributed by atoms with Gasteiger partial charge in [0.2, 0.25) is 5.88 Å². The van der Waals surface area contributed by atoms with Gasteiger partial charge in [0, 0.05) is 11.6 Å². The minimum atomic E-state index is -5.07. The first kappa shape index (κ1) is 14.9. The van der Waals surface area contributed by atoms with Gasteiger partial charge in [0.25, 0.3) is 6.43 Å². The zero-order chi connectivity index (χ0) is 14.6. The van der Waals surface area contributed by atoms with Crippen LogP contribution in [0, 0.1) is 11.3 Å². The molecule has 1 rings (SSSR count). The average Bonchev–Trinajstić information content (AvgIpc) is 2.29. The molecule has 0 amide bonds. The van der Waals surface area contributed by atoms with Crippen LogP contribution < -0.4 is 9.47 Å². The van der Waals surface area contributed by atoms with Crippen molar-refractivity contribution >= 4 is 0 Å². The second-order valence-electron chi connectivity index (χ2n) is 3.21. The third-order valence-electron chi connectivity index (χ3n) is 1.99. The number of nitriles is 1. The smallest absolute Gasteiger partial charge is 0.481 e. The molecule has 0 saturated heterocycles. The predicted molar refractivity (Wildman–Crippen MR) is 51.7 cm³/mol. The molecule has 1 aromatic rings. The van der Waals surface area contributed by atoms with Crippen LogP contribution in [0.4, 0.5) is 22.0 Å². The van der Waals surface area contributed by atoms with E-state index in [1.165, 1.54) is 6.07 Å². The lowest BCUT2D eigenvalue weighted by atomic mass is 10.1. The van der Waals surface area contributed by atoms with E-state index in [4.69, 9.17) is 5.26 Å². The number of nitrogens with zero attached hydrogens (tertiary/aromatic N) is 2. The van der Waals surface area contributed by atoms with Crippen molar-refractivity contribution in [1.29, 1.82) is 5.26 Å². The lowest BCUT2D eigenvalue weighted by Crippen LogP contribution is -2.19. The van der Waals surface area contributed by atoms with E-state index in [9.17, 15) is 22.0 Å². The van der Waals surface area contributed by atoms with E-state index >= 15 is 0 Å². The number of pyridine rings is 1. The fraction of sp³-hybridized carbons (Fsp3) is 0.400. The Morgan fingerprint density at radius 3 is 2.47 bits per heavy atom. The fourth-order valence-electron chi connectivity index (χ4n) is 1.30. The summed E-state index contributed by atoms with van der Waals surface area (Å²) in [4.78, 5) is 3.33. The Labute approximate surface area is 104 Å². The number of hydrogen-bond donors (Lipinski definition) is 0. The number of alkyl halides is 5. The highest BCUT2D eigenvalue weighted by Crippen LogP contribution is 2.35. The molecule has 0 bridgehead atoms. The fourth-order valence-corrected chi connectivity index (χ4v) is 1.30. The van der Waals surface area contributed by atoms with E-state index in [0.29, 0.717) is 6.07 Å². The third kappa shape index (κ3) is 3.94. The van der Waals surface area contributed by atoms with Gasteiger partial charge in [0.05, 0.1) is 19.6 Å². The molecule has 0 aliphatic carbocycles. The van der Waals surface area contributed by atoms with Gasteiger partial charge in [-0.2, -0.15) is 5.26 Å². The summed E-state index contributed by atoms with van der Waals surface area (Å²) >= 11 is 0. The molecule has 0 aliphatic rings. The molecule has 19 heavy (non-hydrogen) atoms. The van der Waals surface area contributed by atoms with Gasteiger partial charge in [-0.05, 0) is 0 Å². The molecule has 0 aliphatic heterocycles. The third-order valence-corrected chi connectivity index (χ3v) is 1.99. The Morgan fingerprint density at radius 1 is 1.42 bits per heavy atom. The van der Waals surface area contributed by atoms with Crippen LogP contribution in [0.2, 0.25) is 0 Å². The summed E-state index contributed by atoms with van der Waals surface area (Å²) in [7, 11) is 1.05. The molecule has 0 radical (unpaired) electrons. The van der Waals surface area contributed by atoms with Crippen molar-refractivity contribution in [2.24, 2.45) is 0 Å². The van der Waals surface area contributed by atoms with Gasteiger partial charge < -0.3 is 9.47 Å². The zero-order valence-electron chi connectivity index (χ0n) is 9.46. The SMILES string of the molecule is COc1cc(OC(F)(F)F)c(CC#N)c(C(F)F)n1. The molecule has 1 aromatic heterocycles. The highest BCUT2D eigenvalue weighted by molar-refractivity contribution is 5.42. The second kappa shape index (κ2) is 5.69. The average molecular weight is 282 g/mol. The maximum Gasteiger partial charge on any atom is 0.573 e. The number of methoxy groups -OCH3 is 1. The molecule has 1 heterocycles. The summed E-state index contributed by atoms with van der Waals surface area (Å²) in [6.45, 7) is 0. The summed E-state index contributed by atoms with van der Waals surface area (Å²) in [5.41, 5.74) is -1.59. The summed E-state index contributed by atoms with van der Waals surface area (Å²) < 4.78 is 70.1. The molecule has 0 N–H and O–H groups in total. The van der Waals surface area contributed by atoms with Crippen LogP contribution in [0.5, 0.6) is 11.6 Å². The lowest BCUT2D eigenvalue weighted by molar-refractivity contribution is -0.275. The quantitative estimate of drug-likeness (QED) is 0.797. The van der Waals surface area contributed by atoms with Crippen LogP contribution in [-0.2, 0) is 6.42 Å². The van der Waals surface area contributed by atoms with E-state index in [-0.39, 0.29) is 0 Å². The summed E-state index contributed by atoms with van der Waals surface area (Å²) in [6, 6.07) is 2.18. The number of aromatic nitrogens is 1. The number of hydrogen-bond acceptors (Lipinski definition) is 4.